The number of ether oxygens (including phenoxy) is 4. The largest absolute Gasteiger partial charge is 0.493 e. The first-order valence-electron chi connectivity index (χ1n) is 9.81. The highest BCUT2D eigenvalue weighted by Crippen LogP contribution is 2.41. The minimum Gasteiger partial charge on any atom is -0.493 e. The van der Waals surface area contributed by atoms with Crippen molar-refractivity contribution in [3.63, 3.8) is 0 Å². The summed E-state index contributed by atoms with van der Waals surface area (Å²) in [5.41, 5.74) is 3.98. The molecule has 2 aromatic carbocycles. The molecule has 8 heteroatoms. The first-order chi connectivity index (χ1) is 15.1. The van der Waals surface area contributed by atoms with Crippen molar-refractivity contribution in [2.75, 3.05) is 33.4 Å². The van der Waals surface area contributed by atoms with Crippen molar-refractivity contribution in [1.82, 2.24) is 4.98 Å². The van der Waals surface area contributed by atoms with Crippen molar-refractivity contribution < 1.29 is 18.9 Å². The molecule has 0 radical (unpaired) electrons. The number of anilines is 1. The first-order valence-corrected chi connectivity index (χ1v) is 10.7. The summed E-state index contributed by atoms with van der Waals surface area (Å²) in [7, 11) is 6.54. The number of rotatable bonds is 7. The third-order valence-corrected chi connectivity index (χ3v) is 6.05. The first kappa shape index (κ1) is 21.0. The summed E-state index contributed by atoms with van der Waals surface area (Å²) in [5.74, 6) is 2.77. The van der Waals surface area contributed by atoms with E-state index in [0.717, 1.165) is 34.1 Å². The summed E-state index contributed by atoms with van der Waals surface area (Å²) >= 11 is 1.56. The van der Waals surface area contributed by atoms with E-state index < -0.39 is 0 Å². The predicted octanol–water partition coefficient (Wildman–Crippen LogP) is 5.17. The molecule has 7 nitrogen and oxygen atoms in total. The molecule has 31 heavy (non-hydrogen) atoms. The van der Waals surface area contributed by atoms with Gasteiger partial charge >= 0.3 is 0 Å². The van der Waals surface area contributed by atoms with Crippen molar-refractivity contribution in [2.24, 2.45) is 5.10 Å². The molecule has 0 bridgehead atoms. The van der Waals surface area contributed by atoms with E-state index in [0.29, 0.717) is 23.0 Å². The third kappa shape index (κ3) is 4.03. The van der Waals surface area contributed by atoms with Gasteiger partial charge in [0.15, 0.2) is 23.0 Å². The Bertz CT molecular complexity index is 1110. The topological polar surface area (TPSA) is 65.4 Å². The van der Waals surface area contributed by atoms with E-state index in [-0.39, 0.29) is 6.04 Å². The van der Waals surface area contributed by atoms with Gasteiger partial charge in [0.2, 0.25) is 5.13 Å². The van der Waals surface area contributed by atoms with Crippen LogP contribution in [-0.2, 0) is 0 Å². The van der Waals surface area contributed by atoms with Gasteiger partial charge in [-0.2, -0.15) is 5.10 Å². The van der Waals surface area contributed by atoms with E-state index in [1.54, 1.807) is 39.8 Å². The van der Waals surface area contributed by atoms with Crippen molar-refractivity contribution in [3.8, 4) is 34.3 Å². The normalized spacial score (nSPS) is 15.6. The molecule has 0 saturated heterocycles. The van der Waals surface area contributed by atoms with Crippen molar-refractivity contribution >= 4 is 22.2 Å². The Labute approximate surface area is 185 Å². The van der Waals surface area contributed by atoms with E-state index in [1.807, 2.05) is 47.6 Å². The van der Waals surface area contributed by atoms with Gasteiger partial charge in [0, 0.05) is 23.1 Å². The zero-order valence-electron chi connectivity index (χ0n) is 18.2. The number of nitrogens with zero attached hydrogens (tertiary/aromatic N) is 3. The van der Waals surface area contributed by atoms with Crippen LogP contribution in [0.1, 0.15) is 24.9 Å². The minimum absolute atomic E-state index is 0.0456. The van der Waals surface area contributed by atoms with Gasteiger partial charge in [-0.05, 0) is 42.8 Å². The highest BCUT2D eigenvalue weighted by Gasteiger charge is 2.30. The minimum atomic E-state index is 0.0456. The lowest BCUT2D eigenvalue weighted by Crippen LogP contribution is -2.18. The Hall–Kier alpha value is -3.26. The lowest BCUT2D eigenvalue weighted by atomic mass is 10.0. The van der Waals surface area contributed by atoms with Crippen LogP contribution in [0.3, 0.4) is 0 Å². The summed E-state index contributed by atoms with van der Waals surface area (Å²) in [6.45, 7) is 2.04. The Kier molecular flexibility index (Phi) is 5.99. The van der Waals surface area contributed by atoms with Crippen LogP contribution >= 0.6 is 11.3 Å². The Morgan fingerprint density at radius 1 is 0.871 bits per heavy atom. The molecule has 0 aliphatic carbocycles. The molecule has 1 aliphatic heterocycles. The van der Waals surface area contributed by atoms with Gasteiger partial charge in [-0.1, -0.05) is 6.07 Å². The van der Waals surface area contributed by atoms with E-state index in [1.165, 1.54) is 0 Å². The summed E-state index contributed by atoms with van der Waals surface area (Å²) in [6, 6.07) is 11.8. The summed E-state index contributed by atoms with van der Waals surface area (Å²) in [6.07, 6.45) is 0.820. The summed E-state index contributed by atoms with van der Waals surface area (Å²) in [5, 5.41) is 9.62. The van der Waals surface area contributed by atoms with Gasteiger partial charge in [0.1, 0.15) is 0 Å². The second-order valence-corrected chi connectivity index (χ2v) is 7.94. The van der Waals surface area contributed by atoms with Crippen LogP contribution in [0, 0.1) is 0 Å². The molecule has 1 atom stereocenters. The fourth-order valence-corrected chi connectivity index (χ4v) is 4.49. The molecular weight excluding hydrogens is 414 g/mol. The van der Waals surface area contributed by atoms with E-state index in [2.05, 4.69) is 6.07 Å². The van der Waals surface area contributed by atoms with Gasteiger partial charge in [0.05, 0.1) is 40.2 Å². The maximum atomic E-state index is 5.49. The lowest BCUT2D eigenvalue weighted by molar-refractivity contribution is 0.354. The quantitative estimate of drug-likeness (QED) is 0.506. The van der Waals surface area contributed by atoms with Gasteiger partial charge in [0.25, 0.3) is 0 Å². The average molecular weight is 440 g/mol. The van der Waals surface area contributed by atoms with Crippen LogP contribution in [0.4, 0.5) is 5.13 Å². The molecule has 1 aromatic heterocycles. The maximum Gasteiger partial charge on any atom is 0.207 e. The molecule has 0 N–H and O–H groups in total. The number of methoxy groups -OCH3 is 4. The number of hydrazone groups is 1. The number of aromatic nitrogens is 1. The maximum absolute atomic E-state index is 5.49. The van der Waals surface area contributed by atoms with Crippen LogP contribution in [0.2, 0.25) is 0 Å². The summed E-state index contributed by atoms with van der Waals surface area (Å²) in [4.78, 5) is 4.86. The Balaban J connectivity index is 1.65. The number of hydrogen-bond acceptors (Lipinski definition) is 8. The van der Waals surface area contributed by atoms with Crippen LogP contribution in [0.15, 0.2) is 46.9 Å². The number of thiazole rings is 1. The Morgan fingerprint density at radius 3 is 2.19 bits per heavy atom. The average Bonchev–Trinajstić information content (AvgIpc) is 3.44. The van der Waals surface area contributed by atoms with Crippen molar-refractivity contribution in [3.05, 3.63) is 47.3 Å². The van der Waals surface area contributed by atoms with Gasteiger partial charge in [-0.3, -0.25) is 0 Å². The molecule has 4 rings (SSSR count). The number of hydrogen-bond donors (Lipinski definition) is 0. The number of benzene rings is 2. The highest BCUT2D eigenvalue weighted by atomic mass is 32.1. The van der Waals surface area contributed by atoms with E-state index in [9.17, 15) is 0 Å². The highest BCUT2D eigenvalue weighted by molar-refractivity contribution is 7.14. The lowest BCUT2D eigenvalue weighted by Gasteiger charge is -2.22. The fraction of sp³-hybridized carbons (Fsp3) is 0.304. The van der Waals surface area contributed by atoms with Gasteiger partial charge < -0.3 is 18.9 Å². The van der Waals surface area contributed by atoms with Crippen LogP contribution < -0.4 is 24.0 Å². The molecule has 0 saturated carbocycles. The van der Waals surface area contributed by atoms with Crippen LogP contribution in [0.5, 0.6) is 23.0 Å². The van der Waals surface area contributed by atoms with Crippen LogP contribution in [0.25, 0.3) is 11.3 Å². The van der Waals surface area contributed by atoms with Gasteiger partial charge in [-0.25, -0.2) is 9.99 Å². The van der Waals surface area contributed by atoms with Crippen molar-refractivity contribution in [1.29, 1.82) is 0 Å². The SMILES string of the molecule is COc1ccc(-c2csc(N3N=C(C)CC3c3ccc(OC)c(OC)c3)n2)cc1OC. The third-order valence-electron chi connectivity index (χ3n) is 5.22. The molecule has 0 fully saturated rings. The van der Waals surface area contributed by atoms with Crippen molar-refractivity contribution in [2.45, 2.75) is 19.4 Å². The van der Waals surface area contributed by atoms with Gasteiger partial charge in [-0.15, -0.1) is 11.3 Å². The second kappa shape index (κ2) is 8.85. The molecule has 1 aliphatic rings. The monoisotopic (exact) mass is 439 g/mol. The molecule has 162 valence electrons. The smallest absolute Gasteiger partial charge is 0.207 e. The molecule has 0 spiro atoms. The standard InChI is InChI=1S/C23H25N3O4S/c1-14-10-18(16-7-9-20(28-3)22(12-16)30-5)26(25-14)23-24-17(13-31-23)15-6-8-19(27-2)21(11-15)29-4/h6-9,11-13,18H,10H2,1-5H3. The zero-order chi connectivity index (χ0) is 22.0. The predicted molar refractivity (Wildman–Crippen MR) is 123 cm³/mol. The molecule has 0 amide bonds. The van der Waals surface area contributed by atoms with E-state index in [4.69, 9.17) is 29.0 Å². The fourth-order valence-electron chi connectivity index (χ4n) is 3.65. The van der Waals surface area contributed by atoms with E-state index >= 15 is 0 Å². The molecular formula is C23H25N3O4S. The van der Waals surface area contributed by atoms with Crippen LogP contribution in [-0.4, -0.2) is 39.1 Å². The molecule has 3 aromatic rings. The Morgan fingerprint density at radius 2 is 1.52 bits per heavy atom. The zero-order valence-corrected chi connectivity index (χ0v) is 19.0. The molecule has 2 heterocycles. The molecule has 1 unspecified atom stereocenters. The second-order valence-electron chi connectivity index (χ2n) is 7.10. The summed E-state index contributed by atoms with van der Waals surface area (Å²) < 4.78 is 21.6.